The molecule has 0 aliphatic carbocycles. The van der Waals surface area contributed by atoms with Gasteiger partial charge in [-0.1, -0.05) is 36.0 Å². The zero-order chi connectivity index (χ0) is 18.4. The summed E-state index contributed by atoms with van der Waals surface area (Å²) in [4.78, 5) is 0. The average Bonchev–Trinajstić information content (AvgIpc) is 2.97. The van der Waals surface area contributed by atoms with Gasteiger partial charge in [-0.15, -0.1) is 10.2 Å². The van der Waals surface area contributed by atoms with Crippen LogP contribution in [0, 0.1) is 13.8 Å². The lowest BCUT2D eigenvalue weighted by molar-refractivity contribution is 0.291. The molecule has 3 aromatic rings. The maximum Gasteiger partial charge on any atom is 0.210 e. The van der Waals surface area contributed by atoms with E-state index in [1.165, 1.54) is 16.4 Å². The highest BCUT2D eigenvalue weighted by Gasteiger charge is 2.11. The topological polar surface area (TPSA) is 75.2 Å². The standard InChI is InChI=1S/C19H22N4O2S/c1-14-10-15(2)12-17(11-14)25-13-18-21-22-19(23(18)20)26-9-8-24-16-6-4-3-5-7-16/h3-7,10-12H,8-9,13,20H2,1-2H3. The van der Waals surface area contributed by atoms with Crippen molar-refractivity contribution in [1.82, 2.24) is 14.9 Å². The number of ether oxygens (including phenoxy) is 2. The highest BCUT2D eigenvalue weighted by Crippen LogP contribution is 2.19. The van der Waals surface area contributed by atoms with Gasteiger partial charge < -0.3 is 15.3 Å². The molecule has 0 spiro atoms. The number of nitrogen functional groups attached to an aromatic ring is 1. The third kappa shape index (κ3) is 4.92. The van der Waals surface area contributed by atoms with Crippen LogP contribution in [0.5, 0.6) is 11.5 Å². The van der Waals surface area contributed by atoms with Crippen molar-refractivity contribution < 1.29 is 9.47 Å². The Hall–Kier alpha value is -2.67. The van der Waals surface area contributed by atoms with E-state index in [9.17, 15) is 0 Å². The van der Waals surface area contributed by atoms with Crippen LogP contribution in [0.25, 0.3) is 0 Å². The lowest BCUT2D eigenvalue weighted by Crippen LogP contribution is -2.16. The quantitative estimate of drug-likeness (QED) is 0.372. The Kier molecular flexibility index (Phi) is 6.01. The maximum absolute atomic E-state index is 6.07. The smallest absolute Gasteiger partial charge is 0.210 e. The van der Waals surface area contributed by atoms with Crippen LogP contribution in [-0.2, 0) is 6.61 Å². The van der Waals surface area contributed by atoms with Crippen LogP contribution in [0.1, 0.15) is 17.0 Å². The summed E-state index contributed by atoms with van der Waals surface area (Å²) in [5.41, 5.74) is 2.31. The van der Waals surface area contributed by atoms with Crippen molar-refractivity contribution in [2.75, 3.05) is 18.2 Å². The molecule has 0 aliphatic rings. The van der Waals surface area contributed by atoms with Crippen molar-refractivity contribution >= 4 is 11.8 Å². The van der Waals surface area contributed by atoms with Crippen molar-refractivity contribution in [3.8, 4) is 11.5 Å². The molecular weight excluding hydrogens is 348 g/mol. The predicted molar refractivity (Wildman–Crippen MR) is 103 cm³/mol. The first-order valence-corrected chi connectivity index (χ1v) is 9.31. The highest BCUT2D eigenvalue weighted by molar-refractivity contribution is 7.99. The first kappa shape index (κ1) is 18.1. The Bertz CT molecular complexity index is 832. The number of thioether (sulfide) groups is 1. The van der Waals surface area contributed by atoms with Crippen molar-refractivity contribution in [1.29, 1.82) is 0 Å². The minimum atomic E-state index is 0.271. The van der Waals surface area contributed by atoms with Crippen molar-refractivity contribution in [2.24, 2.45) is 0 Å². The largest absolute Gasteiger partial charge is 0.493 e. The maximum atomic E-state index is 6.07. The molecule has 7 heteroatoms. The van der Waals surface area contributed by atoms with Gasteiger partial charge >= 0.3 is 0 Å². The molecule has 0 radical (unpaired) electrons. The first-order chi connectivity index (χ1) is 12.6. The lowest BCUT2D eigenvalue weighted by atomic mass is 10.1. The van der Waals surface area contributed by atoms with Crippen molar-refractivity contribution in [3.05, 3.63) is 65.5 Å². The highest BCUT2D eigenvalue weighted by atomic mass is 32.2. The molecule has 0 fully saturated rings. The number of rotatable bonds is 8. The van der Waals surface area contributed by atoms with E-state index in [2.05, 4.69) is 16.3 Å². The summed E-state index contributed by atoms with van der Waals surface area (Å²) in [6, 6.07) is 15.8. The van der Waals surface area contributed by atoms with Gasteiger partial charge in [-0.2, -0.15) is 0 Å². The van der Waals surface area contributed by atoms with Crippen LogP contribution in [0.4, 0.5) is 0 Å². The van der Waals surface area contributed by atoms with Gasteiger partial charge in [0.25, 0.3) is 0 Å². The van der Waals surface area contributed by atoms with Crippen LogP contribution in [-0.4, -0.2) is 27.2 Å². The Morgan fingerprint density at radius 3 is 2.42 bits per heavy atom. The van der Waals surface area contributed by atoms with E-state index < -0.39 is 0 Å². The second-order valence-corrected chi connectivity index (χ2v) is 6.95. The summed E-state index contributed by atoms with van der Waals surface area (Å²) in [5, 5.41) is 8.88. The molecule has 0 aliphatic heterocycles. The fraction of sp³-hybridized carbons (Fsp3) is 0.263. The van der Waals surface area contributed by atoms with Gasteiger partial charge in [-0.3, -0.25) is 0 Å². The fourth-order valence-corrected chi connectivity index (χ4v) is 3.17. The van der Waals surface area contributed by atoms with Gasteiger partial charge in [0.05, 0.1) is 6.61 Å². The molecule has 6 nitrogen and oxygen atoms in total. The normalized spacial score (nSPS) is 10.7. The fourth-order valence-electron chi connectivity index (χ4n) is 2.48. The SMILES string of the molecule is Cc1cc(C)cc(OCc2nnc(SCCOc3ccccc3)n2N)c1. The molecule has 3 rings (SSSR count). The molecular formula is C19H22N4O2S. The summed E-state index contributed by atoms with van der Waals surface area (Å²) in [6.07, 6.45) is 0. The Labute approximate surface area is 157 Å². The third-order valence-corrected chi connectivity index (χ3v) is 4.53. The molecule has 0 amide bonds. The zero-order valence-corrected chi connectivity index (χ0v) is 15.7. The van der Waals surface area contributed by atoms with Crippen LogP contribution in [0.2, 0.25) is 0 Å². The van der Waals surface area contributed by atoms with Gasteiger partial charge in [-0.25, -0.2) is 4.68 Å². The Balaban J connectivity index is 1.49. The number of hydrogen-bond acceptors (Lipinski definition) is 6. The number of para-hydroxylation sites is 1. The molecule has 0 saturated heterocycles. The van der Waals surface area contributed by atoms with Gasteiger partial charge in [0.1, 0.15) is 18.1 Å². The van der Waals surface area contributed by atoms with E-state index in [0.29, 0.717) is 17.6 Å². The van der Waals surface area contributed by atoms with Crippen molar-refractivity contribution in [3.63, 3.8) is 0 Å². The summed E-state index contributed by atoms with van der Waals surface area (Å²) in [7, 11) is 0. The molecule has 0 unspecified atom stereocenters. The van der Waals surface area contributed by atoms with Crippen LogP contribution >= 0.6 is 11.8 Å². The Morgan fingerprint density at radius 2 is 1.69 bits per heavy atom. The molecule has 1 heterocycles. The molecule has 2 aromatic carbocycles. The monoisotopic (exact) mass is 370 g/mol. The van der Waals surface area contributed by atoms with E-state index >= 15 is 0 Å². The molecule has 0 atom stereocenters. The summed E-state index contributed by atoms with van der Waals surface area (Å²) in [5.74, 6) is 9.03. The summed E-state index contributed by atoms with van der Waals surface area (Å²) < 4.78 is 12.9. The van der Waals surface area contributed by atoms with Crippen LogP contribution in [0.3, 0.4) is 0 Å². The van der Waals surface area contributed by atoms with Gasteiger partial charge in [0.15, 0.2) is 5.82 Å². The molecule has 26 heavy (non-hydrogen) atoms. The number of nitrogens with two attached hydrogens (primary N) is 1. The Morgan fingerprint density at radius 1 is 0.962 bits per heavy atom. The van der Waals surface area contributed by atoms with E-state index in [0.717, 1.165) is 28.4 Å². The summed E-state index contributed by atoms with van der Waals surface area (Å²) >= 11 is 1.50. The molecule has 2 N–H and O–H groups in total. The average molecular weight is 370 g/mol. The molecule has 136 valence electrons. The van der Waals surface area contributed by atoms with E-state index in [1.54, 1.807) is 0 Å². The first-order valence-electron chi connectivity index (χ1n) is 8.33. The minimum Gasteiger partial charge on any atom is -0.493 e. The number of benzene rings is 2. The van der Waals surface area contributed by atoms with Gasteiger partial charge in [0, 0.05) is 5.75 Å². The van der Waals surface area contributed by atoms with E-state index in [4.69, 9.17) is 15.3 Å². The van der Waals surface area contributed by atoms with Crippen molar-refractivity contribution in [2.45, 2.75) is 25.6 Å². The minimum absolute atomic E-state index is 0.271. The third-order valence-electron chi connectivity index (χ3n) is 3.62. The lowest BCUT2D eigenvalue weighted by Gasteiger charge is -2.08. The molecule has 1 aromatic heterocycles. The van der Waals surface area contributed by atoms with E-state index in [-0.39, 0.29) is 6.61 Å². The van der Waals surface area contributed by atoms with Gasteiger partial charge in [-0.05, 0) is 49.2 Å². The van der Waals surface area contributed by atoms with Gasteiger partial charge in [0.2, 0.25) is 5.16 Å². The number of aromatic nitrogens is 3. The summed E-state index contributed by atoms with van der Waals surface area (Å²) in [6.45, 7) is 4.92. The van der Waals surface area contributed by atoms with Crippen LogP contribution < -0.4 is 15.3 Å². The number of aryl methyl sites for hydroxylation is 2. The molecule has 0 saturated carbocycles. The molecule has 0 bridgehead atoms. The second kappa shape index (κ2) is 8.62. The number of hydrogen-bond donors (Lipinski definition) is 1. The predicted octanol–water partition coefficient (Wildman–Crippen LogP) is 3.36. The second-order valence-electron chi connectivity index (χ2n) is 5.89. The zero-order valence-electron chi connectivity index (χ0n) is 14.9. The van der Waals surface area contributed by atoms with Crippen LogP contribution in [0.15, 0.2) is 53.7 Å². The van der Waals surface area contributed by atoms with E-state index in [1.807, 2.05) is 56.3 Å². The number of nitrogens with zero attached hydrogens (tertiary/aromatic N) is 3.